The number of hydrogen-bond acceptors (Lipinski definition) is 2. The van der Waals surface area contributed by atoms with Gasteiger partial charge in [-0.25, -0.2) is 0 Å². The number of ether oxygens (including phenoxy) is 2. The average Bonchev–Trinajstić information content (AvgIpc) is 2.53. The zero-order chi connectivity index (χ0) is 15.3. The van der Waals surface area contributed by atoms with Gasteiger partial charge >= 0.3 is 0 Å². The van der Waals surface area contributed by atoms with Gasteiger partial charge in [-0.3, -0.25) is 0 Å². The summed E-state index contributed by atoms with van der Waals surface area (Å²) in [6, 6.07) is 6.04. The molecule has 118 valence electrons. The van der Waals surface area contributed by atoms with E-state index in [2.05, 4.69) is 12.6 Å². The van der Waals surface area contributed by atoms with Gasteiger partial charge in [0.15, 0.2) is 0 Å². The summed E-state index contributed by atoms with van der Waals surface area (Å²) >= 11 is 0. The van der Waals surface area contributed by atoms with Crippen molar-refractivity contribution in [2.75, 3.05) is 14.2 Å². The van der Waals surface area contributed by atoms with Crippen LogP contribution in [0.5, 0.6) is 11.5 Å². The molecule has 1 aromatic carbocycles. The lowest BCUT2D eigenvalue weighted by Gasteiger charge is -2.10. The second-order valence-electron chi connectivity index (χ2n) is 5.48. The number of aryl methyl sites for hydroxylation is 1. The van der Waals surface area contributed by atoms with Gasteiger partial charge < -0.3 is 9.47 Å². The molecule has 0 aromatic heterocycles. The molecule has 0 spiro atoms. The van der Waals surface area contributed by atoms with Gasteiger partial charge in [-0.15, -0.1) is 6.58 Å². The first-order valence-electron chi connectivity index (χ1n) is 8.13. The van der Waals surface area contributed by atoms with Crippen LogP contribution in [0.2, 0.25) is 0 Å². The second-order valence-corrected chi connectivity index (χ2v) is 5.48. The van der Waals surface area contributed by atoms with E-state index in [9.17, 15) is 0 Å². The Kier molecular flexibility index (Phi) is 9.43. The van der Waals surface area contributed by atoms with Gasteiger partial charge in [0.2, 0.25) is 0 Å². The molecular formula is C19H30O2. The van der Waals surface area contributed by atoms with Crippen LogP contribution in [0.4, 0.5) is 0 Å². The first-order valence-corrected chi connectivity index (χ1v) is 8.13. The zero-order valence-corrected chi connectivity index (χ0v) is 13.7. The fourth-order valence-corrected chi connectivity index (χ4v) is 2.57. The molecule has 0 bridgehead atoms. The fourth-order valence-electron chi connectivity index (χ4n) is 2.57. The van der Waals surface area contributed by atoms with Crippen LogP contribution in [-0.4, -0.2) is 14.2 Å². The van der Waals surface area contributed by atoms with E-state index in [0.29, 0.717) is 0 Å². The minimum absolute atomic E-state index is 0.910. The molecule has 2 nitrogen and oxygen atoms in total. The van der Waals surface area contributed by atoms with E-state index in [1.807, 2.05) is 18.2 Å². The smallest absolute Gasteiger partial charge is 0.122 e. The Bertz CT molecular complexity index is 399. The lowest BCUT2D eigenvalue weighted by Crippen LogP contribution is -1.94. The van der Waals surface area contributed by atoms with E-state index in [4.69, 9.17) is 9.47 Å². The summed E-state index contributed by atoms with van der Waals surface area (Å²) in [7, 11) is 3.44. The highest BCUT2D eigenvalue weighted by Crippen LogP contribution is 2.25. The predicted molar refractivity (Wildman–Crippen MR) is 90.4 cm³/mol. The fraction of sp³-hybridized carbons (Fsp3) is 0.579. The summed E-state index contributed by atoms with van der Waals surface area (Å²) in [6.45, 7) is 3.76. The SMILES string of the molecule is C=CCCCCCCCCCc1cc(OC)ccc1OC. The Morgan fingerprint density at radius 1 is 0.905 bits per heavy atom. The highest BCUT2D eigenvalue weighted by atomic mass is 16.5. The van der Waals surface area contributed by atoms with Crippen molar-refractivity contribution in [3.8, 4) is 11.5 Å². The molecule has 1 rings (SSSR count). The van der Waals surface area contributed by atoms with Gasteiger partial charge in [0.1, 0.15) is 11.5 Å². The lowest BCUT2D eigenvalue weighted by atomic mass is 10.0. The van der Waals surface area contributed by atoms with Crippen LogP contribution >= 0.6 is 0 Å². The predicted octanol–water partition coefficient (Wildman–Crippen LogP) is 5.55. The molecule has 0 aliphatic rings. The van der Waals surface area contributed by atoms with Crippen LogP contribution in [0, 0.1) is 0 Å². The van der Waals surface area contributed by atoms with E-state index in [1.165, 1.54) is 50.5 Å². The summed E-state index contributed by atoms with van der Waals surface area (Å²) in [6.07, 6.45) is 13.4. The van der Waals surface area contributed by atoms with Crippen LogP contribution in [0.25, 0.3) is 0 Å². The van der Waals surface area contributed by atoms with Gasteiger partial charge in [0.05, 0.1) is 14.2 Å². The molecule has 0 aliphatic carbocycles. The summed E-state index contributed by atoms with van der Waals surface area (Å²) in [5, 5.41) is 0. The molecule has 0 saturated heterocycles. The third-order valence-electron chi connectivity index (χ3n) is 3.84. The molecule has 0 radical (unpaired) electrons. The molecule has 0 unspecified atom stereocenters. The molecular weight excluding hydrogens is 260 g/mol. The molecule has 0 aliphatic heterocycles. The zero-order valence-electron chi connectivity index (χ0n) is 13.7. The van der Waals surface area contributed by atoms with Crippen molar-refractivity contribution in [2.45, 2.75) is 57.8 Å². The maximum absolute atomic E-state index is 5.41. The number of unbranched alkanes of at least 4 members (excludes halogenated alkanes) is 7. The third kappa shape index (κ3) is 7.22. The van der Waals surface area contributed by atoms with Gasteiger partial charge in [-0.05, 0) is 49.4 Å². The number of allylic oxidation sites excluding steroid dienone is 1. The lowest BCUT2D eigenvalue weighted by molar-refractivity contribution is 0.398. The molecule has 0 atom stereocenters. The summed E-state index contributed by atoms with van der Waals surface area (Å²) in [4.78, 5) is 0. The summed E-state index contributed by atoms with van der Waals surface area (Å²) in [5.74, 6) is 1.88. The molecule has 1 aromatic rings. The second kappa shape index (κ2) is 11.2. The first-order chi connectivity index (χ1) is 10.3. The van der Waals surface area contributed by atoms with Crippen LogP contribution < -0.4 is 9.47 Å². The quantitative estimate of drug-likeness (QED) is 0.371. The van der Waals surface area contributed by atoms with Crippen molar-refractivity contribution in [3.05, 3.63) is 36.4 Å². The molecule has 2 heteroatoms. The Morgan fingerprint density at radius 3 is 2.19 bits per heavy atom. The Labute approximate surface area is 130 Å². The molecule has 0 amide bonds. The minimum Gasteiger partial charge on any atom is -0.497 e. The molecule has 0 heterocycles. The highest BCUT2D eigenvalue weighted by Gasteiger charge is 2.04. The number of methoxy groups -OCH3 is 2. The van der Waals surface area contributed by atoms with Crippen molar-refractivity contribution in [1.29, 1.82) is 0 Å². The van der Waals surface area contributed by atoms with E-state index in [0.717, 1.165) is 24.3 Å². The molecule has 0 saturated carbocycles. The van der Waals surface area contributed by atoms with Gasteiger partial charge in [-0.2, -0.15) is 0 Å². The minimum atomic E-state index is 0.910. The number of hydrogen-bond donors (Lipinski definition) is 0. The van der Waals surface area contributed by atoms with E-state index >= 15 is 0 Å². The summed E-state index contributed by atoms with van der Waals surface area (Å²) < 4.78 is 10.7. The maximum Gasteiger partial charge on any atom is 0.122 e. The monoisotopic (exact) mass is 290 g/mol. The van der Waals surface area contributed by atoms with Gasteiger partial charge in [0.25, 0.3) is 0 Å². The van der Waals surface area contributed by atoms with E-state index in [-0.39, 0.29) is 0 Å². The highest BCUT2D eigenvalue weighted by molar-refractivity contribution is 5.40. The van der Waals surface area contributed by atoms with Crippen LogP contribution in [0.15, 0.2) is 30.9 Å². The largest absolute Gasteiger partial charge is 0.497 e. The van der Waals surface area contributed by atoms with Crippen LogP contribution in [0.1, 0.15) is 56.9 Å². The van der Waals surface area contributed by atoms with Gasteiger partial charge in [-0.1, -0.05) is 38.2 Å². The molecule has 21 heavy (non-hydrogen) atoms. The standard InChI is InChI=1S/C19H30O2/c1-4-5-6-7-8-9-10-11-12-13-17-16-18(20-2)14-15-19(17)21-3/h4,14-16H,1,5-13H2,2-3H3. The average molecular weight is 290 g/mol. The van der Waals surface area contributed by atoms with Crippen LogP contribution in [0.3, 0.4) is 0 Å². The normalized spacial score (nSPS) is 10.4. The molecule has 0 fully saturated rings. The van der Waals surface area contributed by atoms with Crippen molar-refractivity contribution in [2.24, 2.45) is 0 Å². The number of benzene rings is 1. The van der Waals surface area contributed by atoms with E-state index < -0.39 is 0 Å². The Hall–Kier alpha value is -1.44. The maximum atomic E-state index is 5.41. The third-order valence-corrected chi connectivity index (χ3v) is 3.84. The van der Waals surface area contributed by atoms with Crippen molar-refractivity contribution in [1.82, 2.24) is 0 Å². The summed E-state index contributed by atoms with van der Waals surface area (Å²) in [5.41, 5.74) is 1.25. The van der Waals surface area contributed by atoms with E-state index in [1.54, 1.807) is 14.2 Å². The van der Waals surface area contributed by atoms with Crippen molar-refractivity contribution >= 4 is 0 Å². The first kappa shape index (κ1) is 17.6. The van der Waals surface area contributed by atoms with Crippen molar-refractivity contribution in [3.63, 3.8) is 0 Å². The molecule has 0 N–H and O–H groups in total. The van der Waals surface area contributed by atoms with Crippen LogP contribution in [-0.2, 0) is 6.42 Å². The number of rotatable bonds is 12. The Morgan fingerprint density at radius 2 is 1.57 bits per heavy atom. The Balaban J connectivity index is 2.18. The van der Waals surface area contributed by atoms with Gasteiger partial charge in [0, 0.05) is 0 Å². The topological polar surface area (TPSA) is 18.5 Å². The van der Waals surface area contributed by atoms with Crippen molar-refractivity contribution < 1.29 is 9.47 Å².